The maximum absolute atomic E-state index is 11.6. The lowest BCUT2D eigenvalue weighted by molar-refractivity contribution is 0.0697. The van der Waals surface area contributed by atoms with Crippen LogP contribution in [0.2, 0.25) is 0 Å². The lowest BCUT2D eigenvalue weighted by Gasteiger charge is -2.12. The number of ether oxygens (including phenoxy) is 1. The fourth-order valence-corrected chi connectivity index (χ4v) is 2.68. The third kappa shape index (κ3) is 3.05. The van der Waals surface area contributed by atoms with Crippen molar-refractivity contribution in [2.45, 2.75) is 4.90 Å². The van der Waals surface area contributed by atoms with Crippen molar-refractivity contribution in [1.82, 2.24) is 0 Å². The van der Waals surface area contributed by atoms with Gasteiger partial charge in [-0.05, 0) is 23.8 Å². The van der Waals surface area contributed by atoms with Gasteiger partial charge in [0.25, 0.3) is 0 Å². The van der Waals surface area contributed by atoms with Crippen LogP contribution in [0.5, 0.6) is 5.75 Å². The molecule has 0 aliphatic heterocycles. The van der Waals surface area contributed by atoms with Gasteiger partial charge in [0.15, 0.2) is 9.84 Å². The second-order valence-corrected chi connectivity index (χ2v) is 6.50. The van der Waals surface area contributed by atoms with Crippen LogP contribution in [0.15, 0.2) is 47.4 Å². The molecular weight excluding hydrogens is 292 g/mol. The van der Waals surface area contributed by atoms with Gasteiger partial charge in [-0.1, -0.05) is 24.3 Å². The summed E-state index contributed by atoms with van der Waals surface area (Å²) in [7, 11) is -1.98. The van der Waals surface area contributed by atoms with Gasteiger partial charge in [0.1, 0.15) is 5.75 Å². The van der Waals surface area contributed by atoms with Crippen LogP contribution in [0.3, 0.4) is 0 Å². The molecule has 2 aromatic rings. The van der Waals surface area contributed by atoms with Gasteiger partial charge in [0.2, 0.25) is 0 Å². The molecule has 1 N–H and O–H groups in total. The van der Waals surface area contributed by atoms with Crippen LogP contribution in [0, 0.1) is 0 Å². The van der Waals surface area contributed by atoms with Crippen molar-refractivity contribution in [3.8, 4) is 16.9 Å². The predicted molar refractivity (Wildman–Crippen MR) is 78.5 cm³/mol. The minimum absolute atomic E-state index is 0.0291. The van der Waals surface area contributed by atoms with Crippen molar-refractivity contribution in [2.75, 3.05) is 13.4 Å². The van der Waals surface area contributed by atoms with E-state index in [9.17, 15) is 18.3 Å². The van der Waals surface area contributed by atoms with Crippen LogP contribution >= 0.6 is 0 Å². The van der Waals surface area contributed by atoms with Crippen molar-refractivity contribution in [2.24, 2.45) is 0 Å². The highest BCUT2D eigenvalue weighted by molar-refractivity contribution is 7.90. The van der Waals surface area contributed by atoms with Gasteiger partial charge < -0.3 is 9.84 Å². The van der Waals surface area contributed by atoms with E-state index in [1.54, 1.807) is 24.3 Å². The van der Waals surface area contributed by atoms with Crippen LogP contribution in [-0.2, 0) is 9.84 Å². The molecule has 0 aromatic heterocycles. The summed E-state index contributed by atoms with van der Waals surface area (Å²) in [6, 6.07) is 11.0. The number of carbonyl (C=O) groups is 1. The minimum atomic E-state index is -3.47. The molecule has 0 spiro atoms. The summed E-state index contributed by atoms with van der Waals surface area (Å²) in [5, 5.41) is 9.35. The third-order valence-electron chi connectivity index (χ3n) is 3.05. The van der Waals surface area contributed by atoms with E-state index < -0.39 is 15.8 Å². The lowest BCUT2D eigenvalue weighted by atomic mass is 9.99. The van der Waals surface area contributed by atoms with E-state index >= 15 is 0 Å². The molecule has 2 aromatic carbocycles. The summed E-state index contributed by atoms with van der Waals surface area (Å²) >= 11 is 0. The molecule has 0 atom stereocenters. The molecule has 0 fully saturated rings. The molecule has 0 aliphatic rings. The molecular formula is C15H14O5S. The van der Waals surface area contributed by atoms with Crippen LogP contribution in [0.4, 0.5) is 0 Å². The molecule has 0 bridgehead atoms. The molecule has 21 heavy (non-hydrogen) atoms. The fraction of sp³-hybridized carbons (Fsp3) is 0.133. The average Bonchev–Trinajstić information content (AvgIpc) is 2.45. The third-order valence-corrected chi connectivity index (χ3v) is 4.16. The van der Waals surface area contributed by atoms with Crippen molar-refractivity contribution in [1.29, 1.82) is 0 Å². The Morgan fingerprint density at radius 2 is 1.76 bits per heavy atom. The number of sulfone groups is 1. The second-order valence-electron chi connectivity index (χ2n) is 4.48. The SMILES string of the molecule is COc1ccccc1-c1ccc(S(C)(=O)=O)cc1C(=O)O. The Morgan fingerprint density at radius 3 is 2.33 bits per heavy atom. The topological polar surface area (TPSA) is 80.7 Å². The molecule has 2 rings (SSSR count). The summed E-state index contributed by atoms with van der Waals surface area (Å²) in [4.78, 5) is 11.4. The summed E-state index contributed by atoms with van der Waals surface area (Å²) < 4.78 is 28.3. The highest BCUT2D eigenvalue weighted by Gasteiger charge is 2.18. The Kier molecular flexibility index (Phi) is 3.99. The molecule has 0 saturated carbocycles. The Morgan fingerprint density at radius 1 is 1.10 bits per heavy atom. The fourth-order valence-electron chi connectivity index (χ4n) is 2.03. The van der Waals surface area contributed by atoms with Crippen molar-refractivity contribution in [3.05, 3.63) is 48.0 Å². The first-order chi connectivity index (χ1) is 9.84. The van der Waals surface area contributed by atoms with E-state index in [0.717, 1.165) is 6.26 Å². The zero-order valence-corrected chi connectivity index (χ0v) is 12.3. The van der Waals surface area contributed by atoms with Gasteiger partial charge in [-0.25, -0.2) is 13.2 Å². The van der Waals surface area contributed by atoms with E-state index in [4.69, 9.17) is 4.74 Å². The Balaban J connectivity index is 2.73. The molecule has 6 heteroatoms. The zero-order chi connectivity index (χ0) is 15.6. The molecule has 0 radical (unpaired) electrons. The Hall–Kier alpha value is -2.34. The van der Waals surface area contributed by atoms with Gasteiger partial charge >= 0.3 is 5.97 Å². The van der Waals surface area contributed by atoms with Crippen LogP contribution in [-0.4, -0.2) is 32.9 Å². The summed E-state index contributed by atoms with van der Waals surface area (Å²) in [5.41, 5.74) is 0.923. The number of aromatic carboxylic acids is 1. The molecule has 0 saturated heterocycles. The number of hydrogen-bond donors (Lipinski definition) is 1. The van der Waals surface area contributed by atoms with Gasteiger partial charge in [0, 0.05) is 11.8 Å². The molecule has 0 amide bonds. The predicted octanol–water partition coefficient (Wildman–Crippen LogP) is 2.46. The van der Waals surface area contributed by atoms with Gasteiger partial charge in [-0.15, -0.1) is 0 Å². The van der Waals surface area contributed by atoms with Gasteiger partial charge in [-0.2, -0.15) is 0 Å². The first kappa shape index (κ1) is 15.1. The molecule has 5 nitrogen and oxygen atoms in total. The van der Waals surface area contributed by atoms with E-state index in [1.807, 2.05) is 0 Å². The first-order valence-electron chi connectivity index (χ1n) is 6.05. The number of para-hydroxylation sites is 1. The number of methoxy groups -OCH3 is 1. The van der Waals surface area contributed by atoms with Gasteiger partial charge in [-0.3, -0.25) is 0 Å². The van der Waals surface area contributed by atoms with Crippen LogP contribution in [0.1, 0.15) is 10.4 Å². The zero-order valence-electron chi connectivity index (χ0n) is 11.5. The highest BCUT2D eigenvalue weighted by Crippen LogP contribution is 2.33. The van der Waals surface area contributed by atoms with E-state index in [2.05, 4.69) is 0 Å². The Bertz CT molecular complexity index is 793. The van der Waals surface area contributed by atoms with Crippen LogP contribution in [0.25, 0.3) is 11.1 Å². The summed E-state index contributed by atoms with van der Waals surface area (Å²) in [5.74, 6) is -0.673. The van der Waals surface area contributed by atoms with Gasteiger partial charge in [0.05, 0.1) is 17.6 Å². The van der Waals surface area contributed by atoms with E-state index in [-0.39, 0.29) is 10.5 Å². The normalized spacial score (nSPS) is 11.1. The summed E-state index contributed by atoms with van der Waals surface area (Å²) in [6.45, 7) is 0. The molecule has 0 heterocycles. The minimum Gasteiger partial charge on any atom is -0.496 e. The molecule has 0 aliphatic carbocycles. The Labute approximate surface area is 122 Å². The van der Waals surface area contributed by atoms with Crippen molar-refractivity contribution in [3.63, 3.8) is 0 Å². The number of rotatable bonds is 4. The largest absolute Gasteiger partial charge is 0.496 e. The smallest absolute Gasteiger partial charge is 0.336 e. The average molecular weight is 306 g/mol. The maximum atomic E-state index is 11.6. The number of carboxylic acids is 1. The molecule has 0 unspecified atom stereocenters. The standard InChI is InChI=1S/C15H14O5S/c1-20-14-6-4-3-5-12(14)11-8-7-10(21(2,18)19)9-13(11)15(16)17/h3-9H,1-2H3,(H,16,17). The number of carboxylic acid groups (broad SMARTS) is 1. The monoisotopic (exact) mass is 306 g/mol. The van der Waals surface area contributed by atoms with Crippen molar-refractivity contribution < 1.29 is 23.1 Å². The quantitative estimate of drug-likeness (QED) is 0.938. The van der Waals surface area contributed by atoms with E-state index in [1.165, 1.54) is 25.3 Å². The number of benzene rings is 2. The van der Waals surface area contributed by atoms with E-state index in [0.29, 0.717) is 16.9 Å². The number of hydrogen-bond acceptors (Lipinski definition) is 4. The highest BCUT2D eigenvalue weighted by atomic mass is 32.2. The lowest BCUT2D eigenvalue weighted by Crippen LogP contribution is -2.04. The van der Waals surface area contributed by atoms with Crippen molar-refractivity contribution >= 4 is 15.8 Å². The summed E-state index contributed by atoms with van der Waals surface area (Å²) in [6.07, 6.45) is 1.04. The molecule has 110 valence electrons. The maximum Gasteiger partial charge on any atom is 0.336 e. The van der Waals surface area contributed by atoms with Crippen LogP contribution < -0.4 is 4.74 Å². The first-order valence-corrected chi connectivity index (χ1v) is 7.94. The second kappa shape index (κ2) is 5.57.